The maximum absolute atomic E-state index is 6.07. The molecular formula is C11H11Cl2N5. The monoisotopic (exact) mass is 283 g/mol. The fraction of sp³-hybridized carbons (Fsp3) is 0.0909. The van der Waals surface area contributed by atoms with Crippen molar-refractivity contribution in [3.63, 3.8) is 0 Å². The molecule has 7 heteroatoms. The third-order valence-corrected chi connectivity index (χ3v) is 3.03. The molecule has 0 aliphatic carbocycles. The molecule has 1 heterocycles. The first-order chi connectivity index (χ1) is 8.60. The fourth-order valence-corrected chi connectivity index (χ4v) is 1.74. The molecule has 2 rings (SSSR count). The van der Waals surface area contributed by atoms with E-state index >= 15 is 0 Å². The molecule has 0 fully saturated rings. The first-order valence-corrected chi connectivity index (χ1v) is 5.89. The molecule has 0 atom stereocenters. The molecule has 1 aromatic heterocycles. The van der Waals surface area contributed by atoms with Crippen molar-refractivity contribution in [3.05, 3.63) is 34.3 Å². The van der Waals surface area contributed by atoms with Gasteiger partial charge in [0.05, 0.1) is 15.7 Å². The lowest BCUT2D eigenvalue weighted by Gasteiger charge is -2.10. The summed E-state index contributed by atoms with van der Waals surface area (Å²) >= 11 is 12.0. The second kappa shape index (κ2) is 5.29. The van der Waals surface area contributed by atoms with Gasteiger partial charge in [-0.1, -0.05) is 29.3 Å². The Hall–Kier alpha value is -1.72. The van der Waals surface area contributed by atoms with E-state index in [1.165, 1.54) is 0 Å². The van der Waals surface area contributed by atoms with E-state index in [4.69, 9.17) is 28.9 Å². The largest absolute Gasteiger partial charge is 0.373 e. The number of hydrogen-bond acceptors (Lipinski definition) is 5. The molecule has 0 aliphatic heterocycles. The van der Waals surface area contributed by atoms with Gasteiger partial charge in [-0.05, 0) is 12.1 Å². The number of benzene rings is 1. The van der Waals surface area contributed by atoms with Crippen LogP contribution in [0.15, 0.2) is 24.3 Å². The second-order valence-corrected chi connectivity index (χ2v) is 4.26. The van der Waals surface area contributed by atoms with E-state index in [-0.39, 0.29) is 5.95 Å². The second-order valence-electron chi connectivity index (χ2n) is 3.47. The highest BCUT2D eigenvalue weighted by Crippen LogP contribution is 2.31. The van der Waals surface area contributed by atoms with Crippen LogP contribution >= 0.6 is 23.2 Å². The van der Waals surface area contributed by atoms with Gasteiger partial charge in [0.15, 0.2) is 0 Å². The number of aromatic nitrogens is 2. The average molecular weight is 284 g/mol. The van der Waals surface area contributed by atoms with E-state index in [9.17, 15) is 0 Å². The molecule has 94 valence electrons. The molecule has 18 heavy (non-hydrogen) atoms. The molecule has 4 N–H and O–H groups in total. The number of nitrogens with one attached hydrogen (secondary N) is 2. The Morgan fingerprint density at radius 1 is 1.17 bits per heavy atom. The third-order valence-electron chi connectivity index (χ3n) is 2.21. The number of nitrogens with zero attached hydrogens (tertiary/aromatic N) is 2. The van der Waals surface area contributed by atoms with E-state index in [0.717, 1.165) is 0 Å². The van der Waals surface area contributed by atoms with Crippen molar-refractivity contribution >= 4 is 46.5 Å². The molecule has 0 aliphatic rings. The number of hydrogen-bond donors (Lipinski definition) is 3. The SMILES string of the molecule is CNc1cc(Nc2cccc(Cl)c2Cl)nc(N)n1. The Bertz CT molecular complexity index is 573. The van der Waals surface area contributed by atoms with Crippen LogP contribution in [0.25, 0.3) is 0 Å². The minimum absolute atomic E-state index is 0.169. The van der Waals surface area contributed by atoms with Crippen LogP contribution in [-0.4, -0.2) is 17.0 Å². The minimum Gasteiger partial charge on any atom is -0.373 e. The summed E-state index contributed by atoms with van der Waals surface area (Å²) in [7, 11) is 1.75. The molecule has 0 unspecified atom stereocenters. The Kier molecular flexibility index (Phi) is 3.74. The van der Waals surface area contributed by atoms with Crippen LogP contribution < -0.4 is 16.4 Å². The van der Waals surface area contributed by atoms with Crippen LogP contribution in [-0.2, 0) is 0 Å². The summed E-state index contributed by atoms with van der Waals surface area (Å²) < 4.78 is 0. The summed E-state index contributed by atoms with van der Waals surface area (Å²) in [6.07, 6.45) is 0. The molecule has 0 radical (unpaired) electrons. The Morgan fingerprint density at radius 3 is 2.61 bits per heavy atom. The quantitative estimate of drug-likeness (QED) is 0.807. The van der Waals surface area contributed by atoms with E-state index in [2.05, 4.69) is 20.6 Å². The van der Waals surface area contributed by atoms with Crippen molar-refractivity contribution in [2.24, 2.45) is 0 Å². The van der Waals surface area contributed by atoms with Crippen LogP contribution in [0.1, 0.15) is 0 Å². The zero-order valence-corrected chi connectivity index (χ0v) is 11.0. The van der Waals surface area contributed by atoms with Gasteiger partial charge in [-0.2, -0.15) is 9.97 Å². The highest BCUT2D eigenvalue weighted by atomic mass is 35.5. The molecule has 0 saturated heterocycles. The normalized spacial score (nSPS) is 10.2. The number of nitrogens with two attached hydrogens (primary N) is 1. The van der Waals surface area contributed by atoms with Crippen molar-refractivity contribution < 1.29 is 0 Å². The van der Waals surface area contributed by atoms with Crippen LogP contribution in [0.5, 0.6) is 0 Å². The summed E-state index contributed by atoms with van der Waals surface area (Å²) in [5, 5.41) is 6.83. The van der Waals surface area contributed by atoms with Gasteiger partial charge in [-0.3, -0.25) is 0 Å². The highest BCUT2D eigenvalue weighted by Gasteiger charge is 2.06. The maximum atomic E-state index is 6.07. The smallest absolute Gasteiger partial charge is 0.223 e. The van der Waals surface area contributed by atoms with Crippen LogP contribution in [0.3, 0.4) is 0 Å². The number of halogens is 2. The minimum atomic E-state index is 0.169. The number of rotatable bonds is 3. The van der Waals surface area contributed by atoms with Gasteiger partial charge >= 0.3 is 0 Å². The predicted molar refractivity (Wildman–Crippen MR) is 75.7 cm³/mol. The van der Waals surface area contributed by atoms with E-state index < -0.39 is 0 Å². The number of nitrogen functional groups attached to an aromatic ring is 1. The number of anilines is 4. The summed E-state index contributed by atoms with van der Waals surface area (Å²) in [4.78, 5) is 8.05. The van der Waals surface area contributed by atoms with E-state index in [1.807, 2.05) is 0 Å². The highest BCUT2D eigenvalue weighted by molar-refractivity contribution is 6.43. The third kappa shape index (κ3) is 2.75. The topological polar surface area (TPSA) is 75.9 Å². The van der Waals surface area contributed by atoms with Gasteiger partial charge in [0.25, 0.3) is 0 Å². The standard InChI is InChI=1S/C11H11Cl2N5/c1-15-8-5-9(18-11(14)17-8)16-7-4-2-3-6(12)10(7)13/h2-5H,1H3,(H4,14,15,16,17,18). The fourth-order valence-electron chi connectivity index (χ4n) is 1.40. The zero-order valence-electron chi connectivity index (χ0n) is 9.54. The Labute approximate surface area is 114 Å². The Morgan fingerprint density at radius 2 is 1.89 bits per heavy atom. The first-order valence-electron chi connectivity index (χ1n) is 5.13. The lowest BCUT2D eigenvalue weighted by molar-refractivity contribution is 1.17. The van der Waals surface area contributed by atoms with E-state index in [0.29, 0.717) is 27.4 Å². The molecule has 0 amide bonds. The van der Waals surface area contributed by atoms with Crippen molar-refractivity contribution in [1.29, 1.82) is 0 Å². The Balaban J connectivity index is 2.34. The first kappa shape index (κ1) is 12.7. The van der Waals surface area contributed by atoms with Crippen LogP contribution in [0.2, 0.25) is 10.0 Å². The summed E-state index contributed by atoms with van der Waals surface area (Å²) in [5.74, 6) is 1.32. The molecule has 5 nitrogen and oxygen atoms in total. The van der Waals surface area contributed by atoms with Crippen molar-refractivity contribution in [2.75, 3.05) is 23.4 Å². The molecule has 2 aromatic rings. The maximum Gasteiger partial charge on any atom is 0.223 e. The van der Waals surface area contributed by atoms with Gasteiger partial charge in [0, 0.05) is 13.1 Å². The van der Waals surface area contributed by atoms with Crippen LogP contribution in [0.4, 0.5) is 23.3 Å². The van der Waals surface area contributed by atoms with Crippen molar-refractivity contribution in [1.82, 2.24) is 9.97 Å². The lowest BCUT2D eigenvalue weighted by atomic mass is 10.3. The molecule has 0 bridgehead atoms. The molecule has 0 saturated carbocycles. The van der Waals surface area contributed by atoms with Crippen molar-refractivity contribution in [3.8, 4) is 0 Å². The van der Waals surface area contributed by atoms with Gasteiger partial charge in [0.1, 0.15) is 11.6 Å². The average Bonchev–Trinajstić information content (AvgIpc) is 2.34. The van der Waals surface area contributed by atoms with Crippen LogP contribution in [0, 0.1) is 0 Å². The van der Waals surface area contributed by atoms with E-state index in [1.54, 1.807) is 31.3 Å². The predicted octanol–water partition coefficient (Wildman–Crippen LogP) is 3.15. The van der Waals surface area contributed by atoms with Gasteiger partial charge in [-0.15, -0.1) is 0 Å². The lowest BCUT2D eigenvalue weighted by Crippen LogP contribution is -2.03. The van der Waals surface area contributed by atoms with Gasteiger partial charge in [0.2, 0.25) is 5.95 Å². The molecule has 1 aromatic carbocycles. The van der Waals surface area contributed by atoms with Gasteiger partial charge < -0.3 is 16.4 Å². The zero-order chi connectivity index (χ0) is 13.1. The van der Waals surface area contributed by atoms with Crippen molar-refractivity contribution in [2.45, 2.75) is 0 Å². The molecule has 0 spiro atoms. The summed E-state index contributed by atoms with van der Waals surface area (Å²) in [5.41, 5.74) is 6.25. The summed E-state index contributed by atoms with van der Waals surface area (Å²) in [6.45, 7) is 0. The summed E-state index contributed by atoms with van der Waals surface area (Å²) in [6, 6.07) is 7.02. The molecular weight excluding hydrogens is 273 g/mol. The van der Waals surface area contributed by atoms with Gasteiger partial charge in [-0.25, -0.2) is 0 Å².